The Hall–Kier alpha value is -1.03. The number of aryl methyl sites for hydroxylation is 1. The Morgan fingerprint density at radius 2 is 2.14 bits per heavy atom. The minimum Gasteiger partial charge on any atom is -0.383 e. The van der Waals surface area contributed by atoms with Gasteiger partial charge in [-0.05, 0) is 30.0 Å². The average molecular weight is 309 g/mol. The molecule has 3 nitrogen and oxygen atoms in total. The molecule has 0 atom stereocenters. The average Bonchev–Trinajstić information content (AvgIpc) is 2.79. The Morgan fingerprint density at radius 3 is 2.86 bits per heavy atom. The van der Waals surface area contributed by atoms with Crippen LogP contribution < -0.4 is 5.32 Å². The van der Waals surface area contributed by atoms with E-state index in [-0.39, 0.29) is 0 Å². The minimum atomic E-state index is 0.699. The fraction of sp³-hybridized carbons (Fsp3) is 0.529. The van der Waals surface area contributed by atoms with Crippen LogP contribution in [0.25, 0.3) is 10.9 Å². The number of rotatable bonds is 8. The van der Waals surface area contributed by atoms with E-state index in [1.807, 2.05) is 6.07 Å². The van der Waals surface area contributed by atoms with Crippen LogP contribution in [0.4, 0.5) is 0 Å². The van der Waals surface area contributed by atoms with Crippen molar-refractivity contribution in [1.82, 2.24) is 9.88 Å². The fourth-order valence-electron chi connectivity index (χ4n) is 2.46. The fourth-order valence-corrected chi connectivity index (χ4v) is 2.63. The number of hydrogen-bond acceptors (Lipinski definition) is 2. The summed E-state index contributed by atoms with van der Waals surface area (Å²) in [4.78, 5) is 0. The van der Waals surface area contributed by atoms with Gasteiger partial charge in [-0.15, -0.1) is 0 Å². The molecular formula is C17H25ClN2O. The first-order chi connectivity index (χ1) is 10.1. The van der Waals surface area contributed by atoms with Crippen molar-refractivity contribution in [3.63, 3.8) is 0 Å². The maximum atomic E-state index is 6.16. The van der Waals surface area contributed by atoms with Gasteiger partial charge in [-0.3, -0.25) is 0 Å². The van der Waals surface area contributed by atoms with Crippen molar-refractivity contribution in [3.8, 4) is 0 Å². The molecule has 1 heterocycles. The summed E-state index contributed by atoms with van der Waals surface area (Å²) >= 11 is 6.16. The highest BCUT2D eigenvalue weighted by Gasteiger charge is 2.09. The molecule has 1 N–H and O–H groups in total. The number of nitrogens with one attached hydrogen (secondary N) is 1. The molecule has 0 aliphatic rings. The molecule has 2 aromatic rings. The molecule has 116 valence electrons. The van der Waals surface area contributed by atoms with Crippen LogP contribution in [0.5, 0.6) is 0 Å². The van der Waals surface area contributed by atoms with Gasteiger partial charge in [-0.25, -0.2) is 0 Å². The molecule has 0 aliphatic carbocycles. The standard InChI is InChI=1S/C17H25ClN2O/c1-13(2)6-8-20-12-14(11-19-7-9-21-3)16-5-4-15(18)10-17(16)20/h4-5,10,12-13,19H,6-9,11H2,1-3H3. The van der Waals surface area contributed by atoms with Gasteiger partial charge in [0.25, 0.3) is 0 Å². The van der Waals surface area contributed by atoms with Crippen LogP contribution in [0.2, 0.25) is 5.02 Å². The van der Waals surface area contributed by atoms with Gasteiger partial charge in [-0.2, -0.15) is 0 Å². The Bertz CT molecular complexity index is 577. The topological polar surface area (TPSA) is 26.2 Å². The van der Waals surface area contributed by atoms with E-state index < -0.39 is 0 Å². The van der Waals surface area contributed by atoms with Crippen LogP contribution in [-0.4, -0.2) is 24.8 Å². The Kier molecular flexibility index (Phi) is 6.09. The molecule has 2 rings (SSSR count). The van der Waals surface area contributed by atoms with E-state index in [0.717, 1.165) is 31.3 Å². The highest BCUT2D eigenvalue weighted by Crippen LogP contribution is 2.25. The van der Waals surface area contributed by atoms with E-state index in [4.69, 9.17) is 16.3 Å². The summed E-state index contributed by atoms with van der Waals surface area (Å²) in [6.07, 6.45) is 3.43. The van der Waals surface area contributed by atoms with Gasteiger partial charge < -0.3 is 14.6 Å². The minimum absolute atomic E-state index is 0.699. The van der Waals surface area contributed by atoms with Gasteiger partial charge in [0.15, 0.2) is 0 Å². The predicted molar refractivity (Wildman–Crippen MR) is 90.0 cm³/mol. The zero-order valence-corrected chi connectivity index (χ0v) is 13.9. The highest BCUT2D eigenvalue weighted by atomic mass is 35.5. The van der Waals surface area contributed by atoms with Gasteiger partial charge >= 0.3 is 0 Å². The molecule has 0 spiro atoms. The van der Waals surface area contributed by atoms with Crippen molar-refractivity contribution in [1.29, 1.82) is 0 Å². The Balaban J connectivity index is 2.20. The molecule has 0 radical (unpaired) electrons. The first-order valence-electron chi connectivity index (χ1n) is 7.58. The molecule has 0 aliphatic heterocycles. The SMILES string of the molecule is COCCNCc1cn(CCC(C)C)c2cc(Cl)ccc12. The summed E-state index contributed by atoms with van der Waals surface area (Å²) in [5.74, 6) is 0.699. The summed E-state index contributed by atoms with van der Waals surface area (Å²) in [6.45, 7) is 8.00. The van der Waals surface area contributed by atoms with Crippen LogP contribution >= 0.6 is 11.6 Å². The normalized spacial score (nSPS) is 11.7. The second-order valence-electron chi connectivity index (χ2n) is 5.86. The molecule has 0 saturated heterocycles. The number of hydrogen-bond donors (Lipinski definition) is 1. The lowest BCUT2D eigenvalue weighted by Crippen LogP contribution is -2.18. The molecule has 1 aromatic heterocycles. The monoisotopic (exact) mass is 308 g/mol. The smallest absolute Gasteiger partial charge is 0.0587 e. The highest BCUT2D eigenvalue weighted by molar-refractivity contribution is 6.31. The molecule has 21 heavy (non-hydrogen) atoms. The number of ether oxygens (including phenoxy) is 1. The second kappa shape index (κ2) is 7.83. The lowest BCUT2D eigenvalue weighted by Gasteiger charge is -2.07. The first kappa shape index (κ1) is 16.3. The number of aromatic nitrogens is 1. The van der Waals surface area contributed by atoms with Gasteiger partial charge in [0.1, 0.15) is 0 Å². The number of nitrogens with zero attached hydrogens (tertiary/aromatic N) is 1. The zero-order chi connectivity index (χ0) is 15.2. The van der Waals surface area contributed by atoms with Crippen molar-refractivity contribution in [2.75, 3.05) is 20.3 Å². The maximum Gasteiger partial charge on any atom is 0.0587 e. The Morgan fingerprint density at radius 1 is 1.33 bits per heavy atom. The first-order valence-corrected chi connectivity index (χ1v) is 7.96. The molecule has 0 bridgehead atoms. The van der Waals surface area contributed by atoms with Crippen LogP contribution in [0.3, 0.4) is 0 Å². The van der Waals surface area contributed by atoms with E-state index in [9.17, 15) is 0 Å². The van der Waals surface area contributed by atoms with Gasteiger partial charge in [0.2, 0.25) is 0 Å². The van der Waals surface area contributed by atoms with Crippen LogP contribution in [-0.2, 0) is 17.8 Å². The van der Waals surface area contributed by atoms with Gasteiger partial charge in [0.05, 0.1) is 6.61 Å². The zero-order valence-electron chi connectivity index (χ0n) is 13.2. The van der Waals surface area contributed by atoms with E-state index in [1.54, 1.807) is 7.11 Å². The quantitative estimate of drug-likeness (QED) is 0.744. The van der Waals surface area contributed by atoms with Crippen molar-refractivity contribution in [2.45, 2.75) is 33.4 Å². The van der Waals surface area contributed by atoms with Crippen molar-refractivity contribution < 1.29 is 4.74 Å². The van der Waals surface area contributed by atoms with E-state index in [1.165, 1.54) is 22.9 Å². The van der Waals surface area contributed by atoms with E-state index in [2.05, 4.69) is 42.1 Å². The summed E-state index contributed by atoms with van der Waals surface area (Å²) in [5.41, 5.74) is 2.55. The molecular weight excluding hydrogens is 284 g/mol. The third-order valence-corrected chi connectivity index (χ3v) is 3.91. The van der Waals surface area contributed by atoms with Gasteiger partial charge in [-0.1, -0.05) is 31.5 Å². The molecule has 0 saturated carbocycles. The molecule has 0 unspecified atom stereocenters. The van der Waals surface area contributed by atoms with Crippen molar-refractivity contribution >= 4 is 22.5 Å². The van der Waals surface area contributed by atoms with E-state index in [0.29, 0.717) is 5.92 Å². The summed E-state index contributed by atoms with van der Waals surface area (Å²) in [5, 5.41) is 5.50. The van der Waals surface area contributed by atoms with Crippen LogP contribution in [0.15, 0.2) is 24.4 Å². The Labute approximate surface area is 132 Å². The van der Waals surface area contributed by atoms with E-state index >= 15 is 0 Å². The summed E-state index contributed by atoms with van der Waals surface area (Å²) in [7, 11) is 1.72. The number of methoxy groups -OCH3 is 1. The largest absolute Gasteiger partial charge is 0.383 e. The second-order valence-corrected chi connectivity index (χ2v) is 6.30. The third-order valence-electron chi connectivity index (χ3n) is 3.67. The number of benzene rings is 1. The number of fused-ring (bicyclic) bond motifs is 1. The van der Waals surface area contributed by atoms with Gasteiger partial charge in [0, 0.05) is 48.9 Å². The predicted octanol–water partition coefficient (Wildman–Crippen LogP) is 4.08. The summed E-state index contributed by atoms with van der Waals surface area (Å²) < 4.78 is 7.40. The van der Waals surface area contributed by atoms with Crippen LogP contribution in [0.1, 0.15) is 25.8 Å². The van der Waals surface area contributed by atoms with Crippen LogP contribution in [0, 0.1) is 5.92 Å². The molecule has 1 aromatic carbocycles. The molecule has 4 heteroatoms. The lowest BCUT2D eigenvalue weighted by molar-refractivity contribution is 0.199. The molecule has 0 fully saturated rings. The lowest BCUT2D eigenvalue weighted by atomic mass is 10.1. The summed E-state index contributed by atoms with van der Waals surface area (Å²) in [6, 6.07) is 6.15. The third kappa shape index (κ3) is 4.47. The van der Waals surface area contributed by atoms with Crippen molar-refractivity contribution in [2.24, 2.45) is 5.92 Å². The van der Waals surface area contributed by atoms with Crippen molar-refractivity contribution in [3.05, 3.63) is 35.0 Å². The number of halogens is 1. The maximum absolute atomic E-state index is 6.16. The molecule has 0 amide bonds.